The monoisotopic (exact) mass is 294 g/mol. The number of anilines is 1. The summed E-state index contributed by atoms with van der Waals surface area (Å²) in [5.74, 6) is -2.35. The van der Waals surface area contributed by atoms with Gasteiger partial charge in [-0.1, -0.05) is 11.6 Å². The number of aliphatic carboxylic acids is 1. The number of aryl methyl sites for hydroxylation is 1. The van der Waals surface area contributed by atoms with Crippen LogP contribution in [0, 0.1) is 6.92 Å². The number of nitrogens with one attached hydrogen (secondary N) is 1. The van der Waals surface area contributed by atoms with E-state index in [1.165, 1.54) is 7.11 Å². The first-order valence-corrected chi connectivity index (χ1v) is 6.31. The Bertz CT molecular complexity index is 556. The number of methoxy groups -OCH3 is 1. The first-order valence-electron chi connectivity index (χ1n) is 6.31. The summed E-state index contributed by atoms with van der Waals surface area (Å²) >= 11 is 0. The lowest BCUT2D eigenvalue weighted by Gasteiger charge is -2.15. The van der Waals surface area contributed by atoms with Crippen molar-refractivity contribution in [3.8, 4) is 0 Å². The summed E-state index contributed by atoms with van der Waals surface area (Å²) in [5, 5.41) is 11.4. The predicted molar refractivity (Wildman–Crippen MR) is 75.7 cm³/mol. The van der Waals surface area contributed by atoms with E-state index in [1.54, 1.807) is 25.1 Å². The molecule has 0 saturated carbocycles. The molecule has 0 spiro atoms. The van der Waals surface area contributed by atoms with Gasteiger partial charge in [0.2, 0.25) is 0 Å². The Morgan fingerprint density at radius 1 is 1.38 bits per heavy atom. The summed E-state index contributed by atoms with van der Waals surface area (Å²) in [6.45, 7) is 1.79. The van der Waals surface area contributed by atoms with Gasteiger partial charge >= 0.3 is 11.9 Å². The molecule has 1 aromatic carbocycles. The van der Waals surface area contributed by atoms with Gasteiger partial charge in [0.15, 0.2) is 0 Å². The fourth-order valence-corrected chi connectivity index (χ4v) is 1.72. The van der Waals surface area contributed by atoms with Crippen LogP contribution >= 0.6 is 0 Å². The average Bonchev–Trinajstić information content (AvgIpc) is 2.44. The Hall–Kier alpha value is -2.57. The maximum atomic E-state index is 12.1. The minimum atomic E-state index is -1.22. The predicted octanol–water partition coefficient (Wildman–Crippen LogP) is 0.713. The molecular formula is C14H18N2O5. The molecule has 1 amide bonds. The van der Waals surface area contributed by atoms with Gasteiger partial charge in [-0.3, -0.25) is 9.59 Å². The fraction of sp³-hybridized carbons (Fsp3) is 0.357. The van der Waals surface area contributed by atoms with Gasteiger partial charge in [-0.15, -0.1) is 0 Å². The van der Waals surface area contributed by atoms with Crippen LogP contribution in [0.3, 0.4) is 0 Å². The van der Waals surface area contributed by atoms with Crippen molar-refractivity contribution in [3.05, 3.63) is 29.3 Å². The van der Waals surface area contributed by atoms with Gasteiger partial charge in [0.25, 0.3) is 5.91 Å². The molecule has 0 saturated heterocycles. The van der Waals surface area contributed by atoms with Gasteiger partial charge in [-0.05, 0) is 25.5 Å². The second kappa shape index (κ2) is 7.28. The average molecular weight is 294 g/mol. The molecule has 1 aromatic rings. The molecule has 0 bridgehead atoms. The Kier molecular flexibility index (Phi) is 5.71. The molecule has 0 aliphatic rings. The molecule has 7 nitrogen and oxygen atoms in total. The van der Waals surface area contributed by atoms with Crippen LogP contribution in [0.4, 0.5) is 5.69 Å². The topological polar surface area (TPSA) is 119 Å². The maximum Gasteiger partial charge on any atom is 0.326 e. The van der Waals surface area contributed by atoms with Crippen molar-refractivity contribution in [2.45, 2.75) is 25.8 Å². The maximum absolute atomic E-state index is 12.1. The zero-order valence-electron chi connectivity index (χ0n) is 11.9. The highest BCUT2D eigenvalue weighted by molar-refractivity contribution is 6.01. The number of nitrogens with two attached hydrogens (primary N) is 1. The first kappa shape index (κ1) is 16.5. The number of carboxylic acids is 1. The normalized spacial score (nSPS) is 11.5. The standard InChI is InChI=1S/C14H18N2O5/c1-8-3-4-10(15)9(7-8)13(18)16-11(14(19)20)5-6-12(17)21-2/h3-4,7,11H,5-6,15H2,1-2H3,(H,16,18)(H,19,20)/t11-/m0/s1. The first-order chi connectivity index (χ1) is 9.85. The van der Waals surface area contributed by atoms with Gasteiger partial charge in [-0.2, -0.15) is 0 Å². The number of nitrogen functional groups attached to an aromatic ring is 1. The molecule has 0 aliphatic heterocycles. The number of hydrogen-bond donors (Lipinski definition) is 3. The Balaban J connectivity index is 2.79. The third-order valence-corrected chi connectivity index (χ3v) is 2.92. The second-order valence-electron chi connectivity index (χ2n) is 4.57. The molecule has 0 aromatic heterocycles. The van der Waals surface area contributed by atoms with Crippen molar-refractivity contribution in [2.24, 2.45) is 0 Å². The summed E-state index contributed by atoms with van der Waals surface area (Å²) in [6.07, 6.45) is -0.156. The molecule has 0 radical (unpaired) electrons. The zero-order chi connectivity index (χ0) is 16.0. The van der Waals surface area contributed by atoms with E-state index in [9.17, 15) is 14.4 Å². The molecule has 21 heavy (non-hydrogen) atoms. The number of amides is 1. The smallest absolute Gasteiger partial charge is 0.326 e. The van der Waals surface area contributed by atoms with E-state index < -0.39 is 23.9 Å². The van der Waals surface area contributed by atoms with E-state index in [4.69, 9.17) is 10.8 Å². The minimum Gasteiger partial charge on any atom is -0.480 e. The molecule has 0 aliphatic carbocycles. The van der Waals surface area contributed by atoms with Crippen LogP contribution < -0.4 is 11.1 Å². The molecular weight excluding hydrogens is 276 g/mol. The Labute approximate surface area is 122 Å². The molecule has 7 heteroatoms. The lowest BCUT2D eigenvalue weighted by atomic mass is 10.1. The molecule has 1 atom stereocenters. The quantitative estimate of drug-likeness (QED) is 0.525. The van der Waals surface area contributed by atoms with Crippen molar-refractivity contribution in [3.63, 3.8) is 0 Å². The van der Waals surface area contributed by atoms with Gasteiger partial charge in [0.05, 0.1) is 12.7 Å². The number of hydrogen-bond acceptors (Lipinski definition) is 5. The number of rotatable bonds is 6. The minimum absolute atomic E-state index is 0.0561. The molecule has 1 rings (SSSR count). The highest BCUT2D eigenvalue weighted by Gasteiger charge is 2.22. The third kappa shape index (κ3) is 4.79. The fourth-order valence-electron chi connectivity index (χ4n) is 1.72. The lowest BCUT2D eigenvalue weighted by molar-refractivity contribution is -0.142. The van der Waals surface area contributed by atoms with Crippen molar-refractivity contribution < 1.29 is 24.2 Å². The van der Waals surface area contributed by atoms with Crippen molar-refractivity contribution >= 4 is 23.5 Å². The summed E-state index contributed by atoms with van der Waals surface area (Å²) in [4.78, 5) is 34.2. The van der Waals surface area contributed by atoms with E-state index in [0.29, 0.717) is 0 Å². The molecule has 0 unspecified atom stereocenters. The van der Waals surface area contributed by atoms with Gasteiger partial charge in [0, 0.05) is 12.1 Å². The number of ether oxygens (including phenoxy) is 1. The van der Waals surface area contributed by atoms with Gasteiger partial charge in [0.1, 0.15) is 6.04 Å². The highest BCUT2D eigenvalue weighted by atomic mass is 16.5. The summed E-state index contributed by atoms with van der Waals surface area (Å²) < 4.78 is 4.44. The van der Waals surface area contributed by atoms with Crippen LogP contribution in [-0.2, 0) is 14.3 Å². The van der Waals surface area contributed by atoms with Crippen LogP contribution in [0.15, 0.2) is 18.2 Å². The van der Waals surface area contributed by atoms with Gasteiger partial charge in [-0.25, -0.2) is 4.79 Å². The summed E-state index contributed by atoms with van der Waals surface area (Å²) in [5.41, 5.74) is 7.00. The molecule has 4 N–H and O–H groups in total. The molecule has 0 fully saturated rings. The summed E-state index contributed by atoms with van der Waals surface area (Å²) in [6, 6.07) is 3.72. The van der Waals surface area contributed by atoms with E-state index in [-0.39, 0.29) is 24.1 Å². The van der Waals surface area contributed by atoms with E-state index in [2.05, 4.69) is 10.1 Å². The SMILES string of the molecule is COC(=O)CC[C@H](NC(=O)c1cc(C)ccc1N)C(=O)O. The number of carboxylic acid groups (broad SMARTS) is 1. The van der Waals surface area contributed by atoms with Crippen molar-refractivity contribution in [2.75, 3.05) is 12.8 Å². The summed E-state index contributed by atoms with van der Waals surface area (Å²) in [7, 11) is 1.21. The second-order valence-corrected chi connectivity index (χ2v) is 4.57. The van der Waals surface area contributed by atoms with Crippen LogP contribution in [0.25, 0.3) is 0 Å². The zero-order valence-corrected chi connectivity index (χ0v) is 11.9. The Morgan fingerprint density at radius 2 is 2.05 bits per heavy atom. The van der Waals surface area contributed by atoms with Crippen LogP contribution in [-0.4, -0.2) is 36.1 Å². The Morgan fingerprint density at radius 3 is 2.62 bits per heavy atom. The lowest BCUT2D eigenvalue weighted by Crippen LogP contribution is -2.41. The number of carbonyl (C=O) groups excluding carboxylic acids is 2. The van der Waals surface area contributed by atoms with Crippen LogP contribution in [0.1, 0.15) is 28.8 Å². The molecule has 114 valence electrons. The molecule has 0 heterocycles. The van der Waals surface area contributed by atoms with E-state index >= 15 is 0 Å². The largest absolute Gasteiger partial charge is 0.480 e. The van der Waals surface area contributed by atoms with Crippen molar-refractivity contribution in [1.82, 2.24) is 5.32 Å². The van der Waals surface area contributed by atoms with Crippen LogP contribution in [0.5, 0.6) is 0 Å². The van der Waals surface area contributed by atoms with E-state index in [0.717, 1.165) is 5.56 Å². The number of benzene rings is 1. The third-order valence-electron chi connectivity index (χ3n) is 2.92. The number of esters is 1. The highest BCUT2D eigenvalue weighted by Crippen LogP contribution is 2.14. The van der Waals surface area contributed by atoms with Crippen LogP contribution in [0.2, 0.25) is 0 Å². The number of carbonyl (C=O) groups is 3. The van der Waals surface area contributed by atoms with Gasteiger partial charge < -0.3 is 20.9 Å². The van der Waals surface area contributed by atoms with E-state index in [1.807, 2.05) is 0 Å². The van der Waals surface area contributed by atoms with Crippen molar-refractivity contribution in [1.29, 1.82) is 0 Å².